The number of amides is 2. The fraction of sp³-hybridized carbons (Fsp3) is 0.273. The molecule has 1 heterocycles. The van der Waals surface area contributed by atoms with Gasteiger partial charge in [-0.25, -0.2) is 0 Å². The second-order valence-electron chi connectivity index (χ2n) is 6.70. The number of hydrogen-bond acceptors (Lipinski definition) is 3. The summed E-state index contributed by atoms with van der Waals surface area (Å²) in [7, 11) is 0. The third kappa shape index (κ3) is 5.45. The average molecular weight is 363 g/mol. The zero-order chi connectivity index (χ0) is 19.1. The number of piperidine rings is 1. The maximum Gasteiger partial charge on any atom is 0.272 e. The molecule has 5 nitrogen and oxygen atoms in total. The van der Waals surface area contributed by atoms with E-state index >= 15 is 0 Å². The van der Waals surface area contributed by atoms with Gasteiger partial charge in [0.15, 0.2) is 0 Å². The molecule has 2 N–H and O–H groups in total. The number of nitrogens with zero attached hydrogens (tertiary/aromatic N) is 1. The predicted octanol–water partition coefficient (Wildman–Crippen LogP) is 3.79. The Morgan fingerprint density at radius 3 is 2.22 bits per heavy atom. The number of anilines is 2. The fourth-order valence-electron chi connectivity index (χ4n) is 3.17. The summed E-state index contributed by atoms with van der Waals surface area (Å²) < 4.78 is 0. The van der Waals surface area contributed by atoms with Gasteiger partial charge in [0.25, 0.3) is 5.91 Å². The van der Waals surface area contributed by atoms with Crippen molar-refractivity contribution in [2.75, 3.05) is 23.3 Å². The van der Waals surface area contributed by atoms with Crippen molar-refractivity contribution in [3.8, 4) is 0 Å². The minimum Gasteiger partial charge on any atom is -0.372 e. The molecular formula is C22H25N3O2. The first kappa shape index (κ1) is 18.7. The van der Waals surface area contributed by atoms with Gasteiger partial charge >= 0.3 is 0 Å². The van der Waals surface area contributed by atoms with E-state index in [1.807, 2.05) is 54.6 Å². The summed E-state index contributed by atoms with van der Waals surface area (Å²) in [5.74, 6) is -0.632. The van der Waals surface area contributed by atoms with Crippen LogP contribution in [0.3, 0.4) is 0 Å². The Labute approximate surface area is 160 Å². The van der Waals surface area contributed by atoms with E-state index in [4.69, 9.17) is 0 Å². The van der Waals surface area contributed by atoms with E-state index in [0.29, 0.717) is 5.69 Å². The van der Waals surface area contributed by atoms with Crippen LogP contribution >= 0.6 is 0 Å². The van der Waals surface area contributed by atoms with Crippen LogP contribution in [0.1, 0.15) is 31.7 Å². The number of nitrogens with one attached hydrogen (secondary N) is 2. The maximum absolute atomic E-state index is 12.6. The van der Waals surface area contributed by atoms with E-state index in [9.17, 15) is 9.59 Å². The van der Waals surface area contributed by atoms with Crippen LogP contribution in [-0.2, 0) is 9.59 Å². The molecule has 2 aromatic carbocycles. The summed E-state index contributed by atoms with van der Waals surface area (Å²) in [6, 6.07) is 17.3. The third-order valence-corrected chi connectivity index (χ3v) is 4.51. The van der Waals surface area contributed by atoms with Crippen LogP contribution in [0.5, 0.6) is 0 Å². The minimum absolute atomic E-state index is 0.216. The normalized spacial score (nSPS) is 14.6. The van der Waals surface area contributed by atoms with Gasteiger partial charge in [0.05, 0.1) is 0 Å². The van der Waals surface area contributed by atoms with Crippen molar-refractivity contribution in [1.29, 1.82) is 0 Å². The molecule has 0 unspecified atom stereocenters. The number of benzene rings is 2. The highest BCUT2D eigenvalue weighted by Gasteiger charge is 2.13. The molecule has 3 rings (SSSR count). The van der Waals surface area contributed by atoms with Gasteiger partial charge < -0.3 is 15.5 Å². The van der Waals surface area contributed by atoms with E-state index in [1.165, 1.54) is 31.9 Å². The SMILES string of the molecule is CC(=O)NC(=Cc1ccccc1)C(=O)Nc1ccc(N2CCCCC2)cc1. The van der Waals surface area contributed by atoms with Crippen LogP contribution in [0.2, 0.25) is 0 Å². The molecule has 27 heavy (non-hydrogen) atoms. The van der Waals surface area contributed by atoms with Crippen LogP contribution in [-0.4, -0.2) is 24.9 Å². The molecule has 5 heteroatoms. The lowest BCUT2D eigenvalue weighted by Crippen LogP contribution is -2.29. The first-order valence-electron chi connectivity index (χ1n) is 9.32. The molecule has 1 aliphatic heterocycles. The Morgan fingerprint density at radius 1 is 0.926 bits per heavy atom. The Kier molecular flexibility index (Phi) is 6.26. The van der Waals surface area contributed by atoms with Gasteiger partial charge in [0.2, 0.25) is 5.91 Å². The van der Waals surface area contributed by atoms with Crippen molar-refractivity contribution < 1.29 is 9.59 Å². The van der Waals surface area contributed by atoms with E-state index in [1.54, 1.807) is 6.08 Å². The Morgan fingerprint density at radius 2 is 1.59 bits per heavy atom. The molecule has 1 aliphatic rings. The second kappa shape index (κ2) is 9.03. The van der Waals surface area contributed by atoms with Gasteiger partial charge in [-0.1, -0.05) is 30.3 Å². The number of hydrogen-bond donors (Lipinski definition) is 2. The zero-order valence-electron chi connectivity index (χ0n) is 15.6. The van der Waals surface area contributed by atoms with Crippen LogP contribution < -0.4 is 15.5 Å². The molecule has 2 amide bonds. The second-order valence-corrected chi connectivity index (χ2v) is 6.70. The van der Waals surface area contributed by atoms with E-state index in [-0.39, 0.29) is 17.5 Å². The Bertz CT molecular complexity index is 807. The molecule has 0 spiro atoms. The lowest BCUT2D eigenvalue weighted by atomic mass is 10.1. The molecule has 0 atom stereocenters. The number of rotatable bonds is 5. The maximum atomic E-state index is 12.6. The summed E-state index contributed by atoms with van der Waals surface area (Å²) in [6.45, 7) is 3.55. The highest BCUT2D eigenvalue weighted by atomic mass is 16.2. The first-order chi connectivity index (χ1) is 13.1. The standard InChI is InChI=1S/C22H25N3O2/c1-17(26)23-21(16-18-8-4-2-5-9-18)22(27)24-19-10-12-20(13-11-19)25-14-6-3-7-15-25/h2,4-5,8-13,16H,3,6-7,14-15H2,1H3,(H,23,26)(H,24,27). The topological polar surface area (TPSA) is 61.4 Å². The van der Waals surface area contributed by atoms with E-state index in [0.717, 1.165) is 18.7 Å². The van der Waals surface area contributed by atoms with Crippen LogP contribution in [0, 0.1) is 0 Å². The van der Waals surface area contributed by atoms with Crippen molar-refractivity contribution in [1.82, 2.24) is 5.32 Å². The summed E-state index contributed by atoms with van der Waals surface area (Å²) in [5.41, 5.74) is 2.94. The summed E-state index contributed by atoms with van der Waals surface area (Å²) >= 11 is 0. The third-order valence-electron chi connectivity index (χ3n) is 4.51. The monoisotopic (exact) mass is 363 g/mol. The summed E-state index contributed by atoms with van der Waals surface area (Å²) in [6.07, 6.45) is 5.41. The van der Waals surface area contributed by atoms with Gasteiger partial charge in [-0.15, -0.1) is 0 Å². The number of carbonyl (C=O) groups excluding carboxylic acids is 2. The molecule has 0 radical (unpaired) electrons. The van der Waals surface area contributed by atoms with Gasteiger partial charge in [0, 0.05) is 31.4 Å². The van der Waals surface area contributed by atoms with Crippen molar-refractivity contribution >= 4 is 29.3 Å². The molecule has 1 fully saturated rings. The van der Waals surface area contributed by atoms with Gasteiger partial charge in [-0.2, -0.15) is 0 Å². The molecule has 0 aliphatic carbocycles. The van der Waals surface area contributed by atoms with Crippen molar-refractivity contribution in [3.63, 3.8) is 0 Å². The molecular weight excluding hydrogens is 338 g/mol. The molecule has 0 bridgehead atoms. The van der Waals surface area contributed by atoms with Crippen LogP contribution in [0.15, 0.2) is 60.3 Å². The van der Waals surface area contributed by atoms with Gasteiger partial charge in [-0.05, 0) is 55.2 Å². The molecule has 140 valence electrons. The smallest absolute Gasteiger partial charge is 0.272 e. The van der Waals surface area contributed by atoms with Gasteiger partial charge in [0.1, 0.15) is 5.70 Å². The average Bonchev–Trinajstić information content (AvgIpc) is 2.69. The van der Waals surface area contributed by atoms with Crippen molar-refractivity contribution in [2.45, 2.75) is 26.2 Å². The molecule has 0 aromatic heterocycles. The van der Waals surface area contributed by atoms with Crippen molar-refractivity contribution in [3.05, 3.63) is 65.9 Å². The summed E-state index contributed by atoms with van der Waals surface area (Å²) in [4.78, 5) is 26.5. The van der Waals surface area contributed by atoms with Crippen LogP contribution in [0.4, 0.5) is 11.4 Å². The summed E-state index contributed by atoms with van der Waals surface area (Å²) in [5, 5.41) is 5.47. The largest absolute Gasteiger partial charge is 0.372 e. The number of carbonyl (C=O) groups is 2. The Balaban J connectivity index is 1.71. The highest BCUT2D eigenvalue weighted by Crippen LogP contribution is 2.22. The predicted molar refractivity (Wildman–Crippen MR) is 109 cm³/mol. The van der Waals surface area contributed by atoms with Crippen LogP contribution in [0.25, 0.3) is 6.08 Å². The zero-order valence-corrected chi connectivity index (χ0v) is 15.6. The molecule has 1 saturated heterocycles. The minimum atomic E-state index is -0.347. The molecule has 2 aromatic rings. The lowest BCUT2D eigenvalue weighted by Gasteiger charge is -2.28. The van der Waals surface area contributed by atoms with Gasteiger partial charge in [-0.3, -0.25) is 9.59 Å². The molecule has 0 saturated carbocycles. The Hall–Kier alpha value is -3.08. The quantitative estimate of drug-likeness (QED) is 0.795. The first-order valence-corrected chi connectivity index (χ1v) is 9.32. The van der Waals surface area contributed by atoms with E-state index in [2.05, 4.69) is 15.5 Å². The highest BCUT2D eigenvalue weighted by molar-refractivity contribution is 6.08. The lowest BCUT2D eigenvalue weighted by molar-refractivity contribution is -0.120. The fourth-order valence-corrected chi connectivity index (χ4v) is 3.17. The van der Waals surface area contributed by atoms with Crippen molar-refractivity contribution in [2.24, 2.45) is 0 Å². The van der Waals surface area contributed by atoms with E-state index < -0.39 is 0 Å².